The van der Waals surface area contributed by atoms with Crippen molar-refractivity contribution in [2.45, 2.75) is 6.92 Å². The molecule has 0 aliphatic heterocycles. The second kappa shape index (κ2) is 5.59. The van der Waals surface area contributed by atoms with Gasteiger partial charge < -0.3 is 15.8 Å². The van der Waals surface area contributed by atoms with E-state index in [1.807, 2.05) is 0 Å². The number of rotatable bonds is 4. The van der Waals surface area contributed by atoms with Crippen LogP contribution in [0.3, 0.4) is 0 Å². The van der Waals surface area contributed by atoms with E-state index in [9.17, 15) is 13.2 Å². The second-order valence-corrected chi connectivity index (χ2v) is 3.61. The average Bonchev–Trinajstić information content (AvgIpc) is 2.35. The summed E-state index contributed by atoms with van der Waals surface area (Å²) in [6, 6.07) is 1.49. The molecule has 0 saturated heterocycles. The zero-order valence-corrected chi connectivity index (χ0v) is 10.3. The fourth-order valence-corrected chi connectivity index (χ4v) is 1.38. The van der Waals surface area contributed by atoms with Crippen molar-refractivity contribution < 1.29 is 17.9 Å². The summed E-state index contributed by atoms with van der Waals surface area (Å²) in [5.74, 6) is -4.43. The molecule has 1 aromatic carbocycles. The Labute approximate surface area is 111 Å². The fourth-order valence-electron chi connectivity index (χ4n) is 1.38. The zero-order valence-electron chi connectivity index (χ0n) is 10.3. The first-order chi connectivity index (χ1) is 9.49. The number of nitrogens with zero attached hydrogens (tertiary/aromatic N) is 3. The lowest BCUT2D eigenvalue weighted by Gasteiger charge is -2.08. The lowest BCUT2D eigenvalue weighted by atomic mass is 10.3. The van der Waals surface area contributed by atoms with Crippen LogP contribution in [0.25, 0.3) is 0 Å². The van der Waals surface area contributed by atoms with Crippen molar-refractivity contribution >= 4 is 17.6 Å². The highest BCUT2D eigenvalue weighted by Gasteiger charge is 2.12. The number of nitrogens with two attached hydrogens (primary N) is 1. The van der Waals surface area contributed by atoms with Gasteiger partial charge in [0.25, 0.3) is 0 Å². The molecule has 2 rings (SSSR count). The number of nitrogen functional groups attached to an aromatic ring is 1. The van der Waals surface area contributed by atoms with E-state index in [1.54, 1.807) is 6.92 Å². The maximum atomic E-state index is 13.1. The monoisotopic (exact) mass is 285 g/mol. The Morgan fingerprint density at radius 3 is 2.40 bits per heavy atom. The average molecular weight is 285 g/mol. The van der Waals surface area contributed by atoms with E-state index in [4.69, 9.17) is 10.5 Å². The predicted molar refractivity (Wildman–Crippen MR) is 65.0 cm³/mol. The van der Waals surface area contributed by atoms with E-state index >= 15 is 0 Å². The highest BCUT2D eigenvalue weighted by molar-refractivity contribution is 5.54. The molecule has 1 aromatic heterocycles. The summed E-state index contributed by atoms with van der Waals surface area (Å²) in [7, 11) is 0. The van der Waals surface area contributed by atoms with E-state index in [0.717, 1.165) is 12.1 Å². The van der Waals surface area contributed by atoms with Gasteiger partial charge in [0.05, 0.1) is 6.61 Å². The Kier molecular flexibility index (Phi) is 3.87. The smallest absolute Gasteiger partial charge is 0.323 e. The highest BCUT2D eigenvalue weighted by Crippen LogP contribution is 2.20. The van der Waals surface area contributed by atoms with Crippen LogP contribution >= 0.6 is 0 Å². The first kappa shape index (κ1) is 13.8. The number of benzene rings is 1. The summed E-state index contributed by atoms with van der Waals surface area (Å²) in [6.07, 6.45) is 0. The van der Waals surface area contributed by atoms with Gasteiger partial charge in [0.1, 0.15) is 0 Å². The molecule has 106 valence electrons. The number of aromatic nitrogens is 3. The van der Waals surface area contributed by atoms with Crippen LogP contribution in [0.2, 0.25) is 0 Å². The van der Waals surface area contributed by atoms with Gasteiger partial charge in [0, 0.05) is 17.8 Å². The Bertz CT molecular complexity index is 614. The topological polar surface area (TPSA) is 86.0 Å². The van der Waals surface area contributed by atoms with Crippen molar-refractivity contribution in [2.24, 2.45) is 0 Å². The molecule has 20 heavy (non-hydrogen) atoms. The van der Waals surface area contributed by atoms with Crippen LogP contribution in [-0.2, 0) is 0 Å². The van der Waals surface area contributed by atoms with Gasteiger partial charge in [0.2, 0.25) is 11.9 Å². The minimum atomic E-state index is -1.55. The van der Waals surface area contributed by atoms with Crippen molar-refractivity contribution in [3.8, 4) is 6.01 Å². The number of ether oxygens (including phenoxy) is 1. The normalized spacial score (nSPS) is 10.4. The van der Waals surface area contributed by atoms with Crippen LogP contribution in [0.5, 0.6) is 6.01 Å². The van der Waals surface area contributed by atoms with Crippen LogP contribution in [0.15, 0.2) is 12.1 Å². The van der Waals surface area contributed by atoms with Gasteiger partial charge in [-0.05, 0) is 6.92 Å². The maximum absolute atomic E-state index is 13.1. The van der Waals surface area contributed by atoms with Gasteiger partial charge in [0.15, 0.2) is 17.5 Å². The summed E-state index contributed by atoms with van der Waals surface area (Å²) in [6.45, 7) is 2.03. The lowest BCUT2D eigenvalue weighted by Crippen LogP contribution is -2.07. The Hall–Kier alpha value is -2.58. The van der Waals surface area contributed by atoms with Gasteiger partial charge in [-0.2, -0.15) is 15.0 Å². The standard InChI is InChI=1S/C11H10F3N5O/c1-2-20-11-18-9(15)17-10(19-11)16-5-3-6(12)8(14)7(13)4-5/h3-4H,2H2,1H3,(H3,15,16,17,18,19). The first-order valence-corrected chi connectivity index (χ1v) is 5.55. The van der Waals surface area contributed by atoms with Gasteiger partial charge in [-0.25, -0.2) is 13.2 Å². The molecule has 2 aromatic rings. The van der Waals surface area contributed by atoms with Crippen molar-refractivity contribution in [1.82, 2.24) is 15.0 Å². The van der Waals surface area contributed by atoms with Crippen LogP contribution in [-0.4, -0.2) is 21.6 Å². The highest BCUT2D eigenvalue weighted by atomic mass is 19.2. The SMILES string of the molecule is CCOc1nc(N)nc(Nc2cc(F)c(F)c(F)c2)n1. The first-order valence-electron chi connectivity index (χ1n) is 5.55. The van der Waals surface area contributed by atoms with Crippen molar-refractivity contribution in [2.75, 3.05) is 17.7 Å². The molecular formula is C11H10F3N5O. The zero-order chi connectivity index (χ0) is 14.7. The van der Waals surface area contributed by atoms with E-state index in [2.05, 4.69) is 20.3 Å². The van der Waals surface area contributed by atoms with E-state index in [-0.39, 0.29) is 23.6 Å². The molecule has 1 heterocycles. The number of nitrogens with one attached hydrogen (secondary N) is 1. The van der Waals surface area contributed by atoms with Gasteiger partial charge in [-0.1, -0.05) is 0 Å². The van der Waals surface area contributed by atoms with Gasteiger partial charge >= 0.3 is 6.01 Å². The summed E-state index contributed by atoms with van der Waals surface area (Å²) >= 11 is 0. The molecule has 0 amide bonds. The number of hydrogen-bond acceptors (Lipinski definition) is 6. The van der Waals surface area contributed by atoms with E-state index < -0.39 is 17.5 Å². The number of anilines is 3. The van der Waals surface area contributed by atoms with Crippen LogP contribution in [0.1, 0.15) is 6.92 Å². The predicted octanol–water partition coefficient (Wildman–Crippen LogP) is 2.01. The van der Waals surface area contributed by atoms with E-state index in [0.29, 0.717) is 6.61 Å². The molecule has 0 bridgehead atoms. The largest absolute Gasteiger partial charge is 0.464 e. The molecule has 0 radical (unpaired) electrons. The number of hydrogen-bond donors (Lipinski definition) is 2. The third-order valence-corrected chi connectivity index (χ3v) is 2.15. The summed E-state index contributed by atoms with van der Waals surface area (Å²) in [4.78, 5) is 11.2. The molecule has 0 saturated carbocycles. The molecule has 9 heteroatoms. The maximum Gasteiger partial charge on any atom is 0.323 e. The van der Waals surface area contributed by atoms with Crippen molar-refractivity contribution in [1.29, 1.82) is 0 Å². The molecule has 6 nitrogen and oxygen atoms in total. The van der Waals surface area contributed by atoms with Gasteiger partial charge in [-0.15, -0.1) is 0 Å². The molecule has 0 fully saturated rings. The van der Waals surface area contributed by atoms with E-state index in [1.165, 1.54) is 0 Å². The molecular weight excluding hydrogens is 275 g/mol. The third-order valence-electron chi connectivity index (χ3n) is 2.15. The Morgan fingerprint density at radius 1 is 1.15 bits per heavy atom. The molecule has 0 aliphatic carbocycles. The summed E-state index contributed by atoms with van der Waals surface area (Å²) in [5, 5.41) is 2.48. The second-order valence-electron chi connectivity index (χ2n) is 3.61. The lowest BCUT2D eigenvalue weighted by molar-refractivity contribution is 0.312. The fraction of sp³-hybridized carbons (Fsp3) is 0.182. The third kappa shape index (κ3) is 3.05. The van der Waals surface area contributed by atoms with Gasteiger partial charge in [-0.3, -0.25) is 0 Å². The molecule has 0 aliphatic rings. The Morgan fingerprint density at radius 2 is 1.80 bits per heavy atom. The van der Waals surface area contributed by atoms with Crippen LogP contribution < -0.4 is 15.8 Å². The van der Waals surface area contributed by atoms with Crippen molar-refractivity contribution in [3.05, 3.63) is 29.6 Å². The Balaban J connectivity index is 2.30. The minimum absolute atomic E-state index is 0.0365. The van der Waals surface area contributed by atoms with Crippen molar-refractivity contribution in [3.63, 3.8) is 0 Å². The minimum Gasteiger partial charge on any atom is -0.464 e. The molecule has 0 spiro atoms. The molecule has 0 unspecified atom stereocenters. The summed E-state index contributed by atoms with van der Waals surface area (Å²) in [5.41, 5.74) is 5.36. The van der Waals surface area contributed by atoms with Crippen LogP contribution in [0.4, 0.5) is 30.8 Å². The number of halogens is 3. The molecule has 0 atom stereocenters. The molecule has 3 N–H and O–H groups in total. The van der Waals surface area contributed by atoms with Crippen LogP contribution in [0, 0.1) is 17.5 Å². The quantitative estimate of drug-likeness (QED) is 0.836. The summed E-state index contributed by atoms with van der Waals surface area (Å²) < 4.78 is 44.0.